The van der Waals surface area contributed by atoms with Gasteiger partial charge in [-0.05, 0) is 44.0 Å². The standard InChI is InChI=1S/C15H24N2O2S/c1-3-16-12(2)13-7-6-8-14(11-13)17-20(18,19)15-9-4-5-10-15/h6-8,11-12,15-17H,3-5,9-10H2,1-2H3. The van der Waals surface area contributed by atoms with Crippen molar-refractivity contribution in [2.45, 2.75) is 50.8 Å². The van der Waals surface area contributed by atoms with Gasteiger partial charge in [0.2, 0.25) is 10.0 Å². The zero-order chi connectivity index (χ0) is 14.6. The molecule has 2 rings (SSSR count). The molecule has 1 atom stereocenters. The molecule has 0 bridgehead atoms. The molecule has 1 aromatic carbocycles. The first-order chi connectivity index (χ1) is 9.53. The SMILES string of the molecule is CCNC(C)c1cccc(NS(=O)(=O)C2CCCC2)c1. The fourth-order valence-electron chi connectivity index (χ4n) is 2.74. The van der Waals surface area contributed by atoms with E-state index in [4.69, 9.17) is 0 Å². The van der Waals surface area contributed by atoms with Crippen molar-refractivity contribution < 1.29 is 8.42 Å². The Balaban J connectivity index is 2.11. The summed E-state index contributed by atoms with van der Waals surface area (Å²) in [5.74, 6) is 0. The van der Waals surface area contributed by atoms with Crippen molar-refractivity contribution in [2.24, 2.45) is 0 Å². The summed E-state index contributed by atoms with van der Waals surface area (Å²) in [6, 6.07) is 7.86. The zero-order valence-corrected chi connectivity index (χ0v) is 13.0. The molecule has 5 heteroatoms. The van der Waals surface area contributed by atoms with Crippen LogP contribution in [0.25, 0.3) is 0 Å². The van der Waals surface area contributed by atoms with Crippen LogP contribution in [0.15, 0.2) is 24.3 Å². The summed E-state index contributed by atoms with van der Waals surface area (Å²) >= 11 is 0. The number of hydrogen-bond acceptors (Lipinski definition) is 3. The highest BCUT2D eigenvalue weighted by atomic mass is 32.2. The van der Waals surface area contributed by atoms with Crippen LogP contribution >= 0.6 is 0 Å². The molecule has 0 aliphatic heterocycles. The van der Waals surface area contributed by atoms with Gasteiger partial charge in [-0.1, -0.05) is 31.9 Å². The molecule has 20 heavy (non-hydrogen) atoms. The van der Waals surface area contributed by atoms with E-state index in [9.17, 15) is 8.42 Å². The van der Waals surface area contributed by atoms with Crippen LogP contribution in [-0.4, -0.2) is 20.2 Å². The summed E-state index contributed by atoms with van der Waals surface area (Å²) in [7, 11) is -3.24. The van der Waals surface area contributed by atoms with Crippen molar-refractivity contribution >= 4 is 15.7 Å². The van der Waals surface area contributed by atoms with Crippen molar-refractivity contribution in [1.82, 2.24) is 5.32 Å². The number of sulfonamides is 1. The lowest BCUT2D eigenvalue weighted by Gasteiger charge is -2.16. The van der Waals surface area contributed by atoms with Crippen LogP contribution < -0.4 is 10.0 Å². The van der Waals surface area contributed by atoms with E-state index < -0.39 is 10.0 Å². The summed E-state index contributed by atoms with van der Waals surface area (Å²) in [5.41, 5.74) is 1.76. The molecule has 1 aliphatic carbocycles. The van der Waals surface area contributed by atoms with Gasteiger partial charge < -0.3 is 5.32 Å². The lowest BCUT2D eigenvalue weighted by molar-refractivity contribution is 0.585. The molecular formula is C15H24N2O2S. The maximum atomic E-state index is 12.3. The molecule has 0 heterocycles. The first-order valence-corrected chi connectivity index (χ1v) is 8.92. The van der Waals surface area contributed by atoms with Gasteiger partial charge in [0.05, 0.1) is 5.25 Å². The molecule has 1 saturated carbocycles. The smallest absolute Gasteiger partial charge is 0.235 e. The third-order valence-electron chi connectivity index (χ3n) is 3.90. The number of nitrogens with one attached hydrogen (secondary N) is 2. The molecule has 1 aliphatic rings. The third-order valence-corrected chi connectivity index (χ3v) is 5.77. The van der Waals surface area contributed by atoms with Gasteiger partial charge in [-0.3, -0.25) is 4.72 Å². The van der Waals surface area contributed by atoms with Crippen LogP contribution in [0.1, 0.15) is 51.1 Å². The van der Waals surface area contributed by atoms with Crippen molar-refractivity contribution in [2.75, 3.05) is 11.3 Å². The Labute approximate surface area is 122 Å². The number of hydrogen-bond donors (Lipinski definition) is 2. The van der Waals surface area contributed by atoms with Crippen LogP contribution in [0.5, 0.6) is 0 Å². The molecule has 4 nitrogen and oxygen atoms in total. The molecular weight excluding hydrogens is 272 g/mol. The normalized spacial score (nSPS) is 18.1. The molecule has 0 radical (unpaired) electrons. The van der Waals surface area contributed by atoms with Crippen LogP contribution in [0, 0.1) is 0 Å². The Morgan fingerprint density at radius 2 is 2.00 bits per heavy atom. The van der Waals surface area contributed by atoms with Crippen molar-refractivity contribution in [3.8, 4) is 0 Å². The summed E-state index contributed by atoms with van der Waals surface area (Å²) < 4.78 is 27.3. The second-order valence-corrected chi connectivity index (χ2v) is 7.42. The molecule has 112 valence electrons. The summed E-state index contributed by atoms with van der Waals surface area (Å²) in [5, 5.41) is 3.11. The van der Waals surface area contributed by atoms with Gasteiger partial charge in [-0.15, -0.1) is 0 Å². The lowest BCUT2D eigenvalue weighted by atomic mass is 10.1. The average Bonchev–Trinajstić information content (AvgIpc) is 2.93. The monoisotopic (exact) mass is 296 g/mol. The Morgan fingerprint density at radius 3 is 2.65 bits per heavy atom. The van der Waals surface area contributed by atoms with Gasteiger partial charge in [0.25, 0.3) is 0 Å². The zero-order valence-electron chi connectivity index (χ0n) is 12.2. The Hall–Kier alpha value is -1.07. The van der Waals surface area contributed by atoms with Crippen LogP contribution in [0.3, 0.4) is 0 Å². The van der Waals surface area contributed by atoms with Gasteiger partial charge in [-0.25, -0.2) is 8.42 Å². The topological polar surface area (TPSA) is 58.2 Å². The lowest BCUT2D eigenvalue weighted by Crippen LogP contribution is -2.25. The largest absolute Gasteiger partial charge is 0.310 e. The van der Waals surface area contributed by atoms with Crippen LogP contribution in [0.2, 0.25) is 0 Å². The highest BCUT2D eigenvalue weighted by Crippen LogP contribution is 2.27. The van der Waals surface area contributed by atoms with Crippen molar-refractivity contribution in [3.63, 3.8) is 0 Å². The van der Waals surface area contributed by atoms with E-state index in [1.54, 1.807) is 0 Å². The minimum Gasteiger partial charge on any atom is -0.310 e. The predicted octanol–water partition coefficient (Wildman–Crippen LogP) is 3.04. The highest BCUT2D eigenvalue weighted by molar-refractivity contribution is 7.93. The average molecular weight is 296 g/mol. The molecule has 0 saturated heterocycles. The van der Waals surface area contributed by atoms with Crippen molar-refractivity contribution in [3.05, 3.63) is 29.8 Å². The number of benzene rings is 1. The van der Waals surface area contributed by atoms with E-state index in [2.05, 4.69) is 23.9 Å². The van der Waals surface area contributed by atoms with E-state index in [1.165, 1.54) is 0 Å². The first kappa shape index (κ1) is 15.3. The van der Waals surface area contributed by atoms with Gasteiger partial charge in [0, 0.05) is 11.7 Å². The molecule has 0 aromatic heterocycles. The Bertz CT molecular complexity index is 537. The van der Waals surface area contributed by atoms with Crippen LogP contribution in [-0.2, 0) is 10.0 Å². The fraction of sp³-hybridized carbons (Fsp3) is 0.600. The molecule has 1 unspecified atom stereocenters. The van der Waals surface area contributed by atoms with Gasteiger partial charge in [0.15, 0.2) is 0 Å². The summed E-state index contributed by atoms with van der Waals surface area (Å²) in [4.78, 5) is 0. The quantitative estimate of drug-likeness (QED) is 0.848. The molecule has 0 spiro atoms. The summed E-state index contributed by atoms with van der Waals surface area (Å²) in [6.45, 7) is 5.02. The van der Waals surface area contributed by atoms with Gasteiger partial charge in [-0.2, -0.15) is 0 Å². The Kier molecular flexibility index (Phi) is 5.05. The first-order valence-electron chi connectivity index (χ1n) is 7.38. The minimum absolute atomic E-state index is 0.218. The highest BCUT2D eigenvalue weighted by Gasteiger charge is 2.28. The maximum absolute atomic E-state index is 12.3. The predicted molar refractivity (Wildman–Crippen MR) is 83.3 cm³/mol. The third kappa shape index (κ3) is 3.73. The molecule has 1 fully saturated rings. The number of rotatable bonds is 6. The molecule has 2 N–H and O–H groups in total. The summed E-state index contributed by atoms with van der Waals surface area (Å²) in [6.07, 6.45) is 3.60. The van der Waals surface area contributed by atoms with Crippen molar-refractivity contribution in [1.29, 1.82) is 0 Å². The minimum atomic E-state index is -3.24. The molecule has 1 aromatic rings. The second-order valence-electron chi connectivity index (χ2n) is 5.46. The van der Waals surface area contributed by atoms with Gasteiger partial charge >= 0.3 is 0 Å². The molecule has 0 amide bonds. The Morgan fingerprint density at radius 1 is 1.30 bits per heavy atom. The fourth-order valence-corrected chi connectivity index (χ4v) is 4.32. The van der Waals surface area contributed by atoms with E-state index in [0.717, 1.165) is 37.8 Å². The maximum Gasteiger partial charge on any atom is 0.235 e. The van der Waals surface area contributed by atoms with E-state index in [0.29, 0.717) is 5.69 Å². The van der Waals surface area contributed by atoms with E-state index >= 15 is 0 Å². The van der Waals surface area contributed by atoms with E-state index in [1.807, 2.05) is 24.3 Å². The van der Waals surface area contributed by atoms with Gasteiger partial charge in [0.1, 0.15) is 0 Å². The second kappa shape index (κ2) is 6.59. The van der Waals surface area contributed by atoms with Crippen LogP contribution in [0.4, 0.5) is 5.69 Å². The van der Waals surface area contributed by atoms with E-state index in [-0.39, 0.29) is 11.3 Å². The number of anilines is 1.